The van der Waals surface area contributed by atoms with Gasteiger partial charge in [-0.1, -0.05) is 0 Å². The molecule has 0 aliphatic carbocycles. The van der Waals surface area contributed by atoms with Crippen LogP contribution in [-0.4, -0.2) is 33.3 Å². The van der Waals surface area contributed by atoms with Crippen molar-refractivity contribution in [3.63, 3.8) is 0 Å². The van der Waals surface area contributed by atoms with Gasteiger partial charge in [-0.2, -0.15) is 0 Å². The summed E-state index contributed by atoms with van der Waals surface area (Å²) in [5.41, 5.74) is 0. The predicted octanol–water partition coefficient (Wildman–Crippen LogP) is 1.97. The first kappa shape index (κ1) is 10.6. The minimum atomic E-state index is -1.10. The quantitative estimate of drug-likeness (QED) is 0.439. The molecule has 0 amide bonds. The molecule has 0 saturated carbocycles. The normalized spacial score (nSPS) is 12.0. The topological polar surface area (TPSA) is 9.23 Å². The van der Waals surface area contributed by atoms with E-state index in [9.17, 15) is 0 Å². The van der Waals surface area contributed by atoms with Crippen LogP contribution in [0.3, 0.4) is 0 Å². The molecule has 0 fully saturated rings. The van der Waals surface area contributed by atoms with Crippen molar-refractivity contribution in [3.8, 4) is 0 Å². The van der Waals surface area contributed by atoms with Gasteiger partial charge in [-0.05, 0) is 0 Å². The second-order valence-corrected chi connectivity index (χ2v) is 5.06. The van der Waals surface area contributed by atoms with E-state index in [-0.39, 0.29) is 0 Å². The molecule has 0 spiro atoms. The van der Waals surface area contributed by atoms with E-state index in [1.165, 1.54) is 0 Å². The Morgan fingerprint density at radius 3 is 2.22 bits per heavy atom. The van der Waals surface area contributed by atoms with Crippen molar-refractivity contribution in [1.82, 2.24) is 0 Å². The first-order valence-electron chi connectivity index (χ1n) is 2.44. The monoisotopic (exact) mass is 296 g/mol. The summed E-state index contributed by atoms with van der Waals surface area (Å²) in [6, 6.07) is 0. The molecule has 0 aromatic heterocycles. The summed E-state index contributed by atoms with van der Waals surface area (Å²) in [7, 11) is 0. The Bertz CT molecular complexity index is 72.7. The van der Waals surface area contributed by atoms with Gasteiger partial charge in [-0.3, -0.25) is 0 Å². The Kier molecular flexibility index (Phi) is 6.26. The van der Waals surface area contributed by atoms with Crippen LogP contribution < -0.4 is 0 Å². The average Bonchev–Trinajstić information content (AvgIpc) is 1.63. The van der Waals surface area contributed by atoms with Crippen LogP contribution in [0.1, 0.15) is 12.8 Å². The van der Waals surface area contributed by atoms with Crippen molar-refractivity contribution >= 4 is 57.7 Å². The number of rotatable bonds is 3. The molecule has 0 rings (SSSR count). The van der Waals surface area contributed by atoms with Crippen LogP contribution in [0.25, 0.3) is 0 Å². The molecule has 0 bridgehead atoms. The summed E-state index contributed by atoms with van der Waals surface area (Å²) in [4.78, 5) is 0. The fourth-order valence-corrected chi connectivity index (χ4v) is 1.23. The first-order chi connectivity index (χ1) is 4.06. The maximum absolute atomic E-state index is 5.45. The second-order valence-electron chi connectivity index (χ2n) is 1.59. The van der Waals surface area contributed by atoms with E-state index >= 15 is 0 Å². The predicted molar refractivity (Wildman–Crippen MR) is 42.6 cm³/mol. The number of alkyl halides is 3. The van der Waals surface area contributed by atoms with Crippen LogP contribution >= 0.6 is 34.8 Å². The summed E-state index contributed by atoms with van der Waals surface area (Å²) >= 11 is 17.2. The van der Waals surface area contributed by atoms with Gasteiger partial charge >= 0.3 is 84.1 Å². The molecule has 0 saturated heterocycles. The van der Waals surface area contributed by atoms with E-state index in [1.54, 1.807) is 0 Å². The Morgan fingerprint density at radius 1 is 1.33 bits per heavy atom. The molecule has 1 nitrogen and oxygen atoms in total. The third-order valence-corrected chi connectivity index (χ3v) is 1.96. The molecule has 54 valence electrons. The van der Waals surface area contributed by atoms with Crippen LogP contribution in [0.15, 0.2) is 0 Å². The van der Waals surface area contributed by atoms with Gasteiger partial charge in [0, 0.05) is 0 Å². The third-order valence-electron chi connectivity index (χ3n) is 0.722. The van der Waals surface area contributed by atoms with Gasteiger partial charge in [-0.15, -0.1) is 0 Å². The second kappa shape index (κ2) is 5.30. The molecular weight excluding hydrogens is 289 g/mol. The number of hydrogen-bond donors (Lipinski definition) is 0. The van der Waals surface area contributed by atoms with E-state index in [1.807, 2.05) is 0 Å². The molecule has 0 unspecified atom stereocenters. The van der Waals surface area contributed by atoms with Crippen molar-refractivity contribution in [1.29, 1.82) is 0 Å². The summed E-state index contributed by atoms with van der Waals surface area (Å²) in [5, 5.41) is 0. The number of hydrogen-bond acceptors (Lipinski definition) is 1. The van der Waals surface area contributed by atoms with Crippen molar-refractivity contribution < 1.29 is 3.07 Å². The van der Waals surface area contributed by atoms with Crippen molar-refractivity contribution in [2.75, 3.05) is 6.61 Å². The van der Waals surface area contributed by atoms with Gasteiger partial charge in [0.1, 0.15) is 0 Å². The maximum atomic E-state index is 5.45. The first-order valence-corrected chi connectivity index (χ1v) is 4.92. The van der Waals surface area contributed by atoms with Crippen LogP contribution in [0, 0.1) is 0 Å². The van der Waals surface area contributed by atoms with Gasteiger partial charge in [-0.25, -0.2) is 0 Å². The third kappa shape index (κ3) is 9.63. The van der Waals surface area contributed by atoms with Gasteiger partial charge < -0.3 is 0 Å². The summed E-state index contributed by atoms with van der Waals surface area (Å²) < 4.78 is 3.79. The number of halogens is 3. The Labute approximate surface area is 83.6 Å². The Morgan fingerprint density at radius 2 is 1.89 bits per heavy atom. The van der Waals surface area contributed by atoms with Gasteiger partial charge in [0.25, 0.3) is 0 Å². The zero-order chi connectivity index (χ0) is 7.33. The van der Waals surface area contributed by atoms with Crippen molar-refractivity contribution in [2.45, 2.75) is 16.6 Å². The van der Waals surface area contributed by atoms with E-state index in [0.717, 1.165) is 29.4 Å². The molecule has 0 aliphatic heterocycles. The molecule has 0 N–H and O–H groups in total. The van der Waals surface area contributed by atoms with E-state index in [0.29, 0.717) is 13.0 Å². The van der Waals surface area contributed by atoms with Crippen molar-refractivity contribution in [2.24, 2.45) is 0 Å². The summed E-state index contributed by atoms with van der Waals surface area (Å²) in [6.07, 6.45) is 1.39. The zero-order valence-corrected chi connectivity index (χ0v) is 10.3. The SMILES string of the molecule is ClC(Cl)(Cl)CCC[O][SnH]. The van der Waals surface area contributed by atoms with Gasteiger partial charge in [0.15, 0.2) is 0 Å². The van der Waals surface area contributed by atoms with Crippen LogP contribution in [0.2, 0.25) is 0 Å². The molecule has 5 heteroatoms. The zero-order valence-electron chi connectivity index (χ0n) is 4.74. The summed E-state index contributed by atoms with van der Waals surface area (Å²) in [6.45, 7) is 0.705. The molecule has 0 atom stereocenters. The van der Waals surface area contributed by atoms with Gasteiger partial charge in [0.2, 0.25) is 0 Å². The molecule has 0 aromatic rings. The van der Waals surface area contributed by atoms with E-state index in [4.69, 9.17) is 37.9 Å². The van der Waals surface area contributed by atoms with Crippen LogP contribution in [0.4, 0.5) is 0 Å². The fraction of sp³-hybridized carbons (Fsp3) is 1.00. The fourth-order valence-electron chi connectivity index (χ4n) is 0.356. The Hall–Kier alpha value is 1.63. The van der Waals surface area contributed by atoms with Crippen molar-refractivity contribution in [3.05, 3.63) is 0 Å². The van der Waals surface area contributed by atoms with E-state index < -0.39 is 3.79 Å². The minimum absolute atomic E-state index is 0.568. The van der Waals surface area contributed by atoms with Crippen LogP contribution in [-0.2, 0) is 3.07 Å². The summed E-state index contributed by atoms with van der Waals surface area (Å²) in [5.74, 6) is 0. The molecule has 0 aliphatic rings. The van der Waals surface area contributed by atoms with Gasteiger partial charge in [0.05, 0.1) is 0 Å². The standard InChI is InChI=1S/C4H6Cl3O.Sn.H/c5-4(6,7)2-1-3-8;;/h1-3H2;;/q-1;+1;. The van der Waals surface area contributed by atoms with Crippen LogP contribution in [0.5, 0.6) is 0 Å². The molecular formula is C4H7Cl3OSn. The Balaban J connectivity index is 3.07. The molecule has 0 heterocycles. The van der Waals surface area contributed by atoms with E-state index in [2.05, 4.69) is 0 Å². The average molecular weight is 296 g/mol. The molecule has 9 heavy (non-hydrogen) atoms. The molecule has 2 radical (unpaired) electrons. The molecule has 0 aromatic carbocycles.